The predicted molar refractivity (Wildman–Crippen MR) is 85.5 cm³/mol. The molecule has 1 aliphatic rings. The molecule has 1 heterocycles. The van der Waals surface area contributed by atoms with Gasteiger partial charge in [0, 0.05) is 17.0 Å². The van der Waals surface area contributed by atoms with Crippen LogP contribution in [0.5, 0.6) is 11.5 Å². The van der Waals surface area contributed by atoms with E-state index in [1.54, 1.807) is 0 Å². The van der Waals surface area contributed by atoms with Gasteiger partial charge in [-0.25, -0.2) is 0 Å². The Hall–Kier alpha value is -2.29. The molecule has 0 spiro atoms. The van der Waals surface area contributed by atoms with Gasteiger partial charge in [-0.1, -0.05) is 43.3 Å². The average molecular weight is 296 g/mol. The minimum Gasteiger partial charge on any atom is -0.481 e. The van der Waals surface area contributed by atoms with Crippen LogP contribution in [0.2, 0.25) is 0 Å². The first-order valence-corrected chi connectivity index (χ1v) is 7.79. The zero-order valence-corrected chi connectivity index (χ0v) is 12.7. The van der Waals surface area contributed by atoms with Gasteiger partial charge >= 0.3 is 5.97 Å². The molecule has 3 nitrogen and oxygen atoms in total. The molecule has 0 aliphatic carbocycles. The molecule has 0 amide bonds. The topological polar surface area (TPSA) is 46.5 Å². The van der Waals surface area contributed by atoms with Gasteiger partial charge in [-0.2, -0.15) is 0 Å². The number of aliphatic carboxylic acids is 1. The second kappa shape index (κ2) is 6.22. The summed E-state index contributed by atoms with van der Waals surface area (Å²) in [6.07, 6.45) is 2.17. The molecule has 1 aliphatic heterocycles. The number of carboxylic acid groups (broad SMARTS) is 1. The molecule has 2 aromatic rings. The predicted octanol–water partition coefficient (Wildman–Crippen LogP) is 4.82. The summed E-state index contributed by atoms with van der Waals surface area (Å²) in [6.45, 7) is 1.94. The van der Waals surface area contributed by atoms with Gasteiger partial charge in [-0.3, -0.25) is 4.79 Å². The second-order valence-corrected chi connectivity index (χ2v) is 5.75. The second-order valence-electron chi connectivity index (χ2n) is 5.75. The lowest BCUT2D eigenvalue weighted by Crippen LogP contribution is -2.16. The van der Waals surface area contributed by atoms with Gasteiger partial charge in [-0.05, 0) is 31.4 Å². The number of benzene rings is 2. The van der Waals surface area contributed by atoms with Gasteiger partial charge in [0.25, 0.3) is 0 Å². The van der Waals surface area contributed by atoms with Crippen LogP contribution in [0.15, 0.2) is 48.5 Å². The third-order valence-electron chi connectivity index (χ3n) is 4.45. The third kappa shape index (κ3) is 2.71. The van der Waals surface area contributed by atoms with Gasteiger partial charge in [0.2, 0.25) is 0 Å². The van der Waals surface area contributed by atoms with E-state index in [1.165, 1.54) is 0 Å². The average Bonchev–Trinajstić information content (AvgIpc) is 2.54. The summed E-state index contributed by atoms with van der Waals surface area (Å²) in [4.78, 5) is 11.3. The Balaban J connectivity index is 1.91. The number of para-hydroxylation sites is 2. The Kier molecular flexibility index (Phi) is 4.14. The van der Waals surface area contributed by atoms with E-state index in [9.17, 15) is 9.90 Å². The number of carboxylic acids is 1. The molecule has 3 rings (SSSR count). The van der Waals surface area contributed by atoms with Gasteiger partial charge in [-0.15, -0.1) is 0 Å². The molecule has 0 saturated heterocycles. The van der Waals surface area contributed by atoms with Crippen molar-refractivity contribution in [1.82, 2.24) is 0 Å². The fourth-order valence-corrected chi connectivity index (χ4v) is 3.19. The van der Waals surface area contributed by atoms with Gasteiger partial charge in [0.15, 0.2) is 0 Å². The summed E-state index contributed by atoms with van der Waals surface area (Å²) in [5, 5.41) is 9.27. The molecule has 1 atom stereocenters. The van der Waals surface area contributed by atoms with E-state index >= 15 is 0 Å². The molecule has 2 aromatic carbocycles. The molecule has 3 heteroatoms. The Bertz CT molecular complexity index is 632. The Morgan fingerprint density at radius 3 is 2.14 bits per heavy atom. The van der Waals surface area contributed by atoms with Crippen LogP contribution in [0.4, 0.5) is 0 Å². The summed E-state index contributed by atoms with van der Waals surface area (Å²) >= 11 is 0. The van der Waals surface area contributed by atoms with Gasteiger partial charge in [0.05, 0.1) is 5.92 Å². The molecule has 0 aromatic heterocycles. The van der Waals surface area contributed by atoms with E-state index in [2.05, 4.69) is 12.1 Å². The molecule has 0 fully saturated rings. The highest BCUT2D eigenvalue weighted by Gasteiger charge is 2.28. The minimum absolute atomic E-state index is 0.203. The number of ether oxygens (including phenoxy) is 1. The van der Waals surface area contributed by atoms with Crippen LogP contribution in [0.3, 0.4) is 0 Å². The minimum atomic E-state index is -0.698. The Morgan fingerprint density at radius 1 is 1.09 bits per heavy atom. The van der Waals surface area contributed by atoms with E-state index in [0.29, 0.717) is 12.8 Å². The van der Waals surface area contributed by atoms with Crippen LogP contribution in [-0.2, 0) is 4.79 Å². The SMILES string of the molecule is CCC(CCC1c2ccccc2Oc2ccccc21)C(=O)O. The molecule has 0 bridgehead atoms. The first-order chi connectivity index (χ1) is 10.7. The van der Waals surface area contributed by atoms with Crippen LogP contribution in [0, 0.1) is 5.92 Å². The van der Waals surface area contributed by atoms with Crippen molar-refractivity contribution in [3.63, 3.8) is 0 Å². The number of hydrogen-bond acceptors (Lipinski definition) is 2. The maximum atomic E-state index is 11.3. The molecule has 0 radical (unpaired) electrons. The smallest absolute Gasteiger partial charge is 0.306 e. The molecule has 0 saturated carbocycles. The maximum Gasteiger partial charge on any atom is 0.306 e. The van der Waals surface area contributed by atoms with Crippen LogP contribution in [0.25, 0.3) is 0 Å². The lowest BCUT2D eigenvalue weighted by molar-refractivity contribution is -0.142. The zero-order valence-electron chi connectivity index (χ0n) is 12.7. The molecule has 114 valence electrons. The number of carbonyl (C=O) groups is 1. The Labute approximate surface area is 130 Å². The van der Waals surface area contributed by atoms with E-state index in [1.807, 2.05) is 43.3 Å². The van der Waals surface area contributed by atoms with Crippen LogP contribution < -0.4 is 4.74 Å². The highest BCUT2D eigenvalue weighted by atomic mass is 16.5. The lowest BCUT2D eigenvalue weighted by Gasteiger charge is -2.28. The van der Waals surface area contributed by atoms with Crippen LogP contribution in [-0.4, -0.2) is 11.1 Å². The van der Waals surface area contributed by atoms with Crippen molar-refractivity contribution in [1.29, 1.82) is 0 Å². The summed E-state index contributed by atoms with van der Waals surface area (Å²) in [7, 11) is 0. The van der Waals surface area contributed by atoms with E-state index in [-0.39, 0.29) is 11.8 Å². The van der Waals surface area contributed by atoms with Crippen molar-refractivity contribution in [2.24, 2.45) is 5.92 Å². The highest BCUT2D eigenvalue weighted by Crippen LogP contribution is 2.46. The fourth-order valence-electron chi connectivity index (χ4n) is 3.19. The van der Waals surface area contributed by atoms with Crippen molar-refractivity contribution in [2.75, 3.05) is 0 Å². The summed E-state index contributed by atoms with van der Waals surface area (Å²) in [5.41, 5.74) is 2.31. The highest BCUT2D eigenvalue weighted by molar-refractivity contribution is 5.69. The van der Waals surface area contributed by atoms with E-state index in [4.69, 9.17) is 4.74 Å². The van der Waals surface area contributed by atoms with Crippen molar-refractivity contribution < 1.29 is 14.6 Å². The normalized spacial score (nSPS) is 14.6. The molecule has 1 N–H and O–H groups in total. The van der Waals surface area contributed by atoms with E-state index < -0.39 is 5.97 Å². The largest absolute Gasteiger partial charge is 0.481 e. The van der Waals surface area contributed by atoms with Crippen molar-refractivity contribution in [3.8, 4) is 11.5 Å². The lowest BCUT2D eigenvalue weighted by atomic mass is 9.82. The van der Waals surface area contributed by atoms with E-state index in [0.717, 1.165) is 29.0 Å². The monoisotopic (exact) mass is 296 g/mol. The van der Waals surface area contributed by atoms with Gasteiger partial charge in [0.1, 0.15) is 11.5 Å². The zero-order chi connectivity index (χ0) is 15.5. The van der Waals surface area contributed by atoms with Crippen molar-refractivity contribution in [2.45, 2.75) is 32.1 Å². The number of rotatable bonds is 5. The maximum absolute atomic E-state index is 11.3. The van der Waals surface area contributed by atoms with Crippen molar-refractivity contribution in [3.05, 3.63) is 59.7 Å². The van der Waals surface area contributed by atoms with Crippen LogP contribution in [0.1, 0.15) is 43.2 Å². The summed E-state index contributed by atoms with van der Waals surface area (Å²) in [6, 6.07) is 16.1. The number of hydrogen-bond donors (Lipinski definition) is 1. The van der Waals surface area contributed by atoms with Crippen LogP contribution >= 0.6 is 0 Å². The number of fused-ring (bicyclic) bond motifs is 2. The Morgan fingerprint density at radius 2 is 1.64 bits per heavy atom. The quantitative estimate of drug-likeness (QED) is 0.860. The first-order valence-electron chi connectivity index (χ1n) is 7.79. The molecule has 22 heavy (non-hydrogen) atoms. The van der Waals surface area contributed by atoms with Crippen molar-refractivity contribution >= 4 is 5.97 Å². The third-order valence-corrected chi connectivity index (χ3v) is 4.45. The first kappa shape index (κ1) is 14.6. The molecular weight excluding hydrogens is 276 g/mol. The molecular formula is C19H20O3. The fraction of sp³-hybridized carbons (Fsp3) is 0.316. The van der Waals surface area contributed by atoms with Gasteiger partial charge < -0.3 is 9.84 Å². The summed E-state index contributed by atoms with van der Waals surface area (Å²) < 4.78 is 5.97. The molecule has 1 unspecified atom stereocenters. The summed E-state index contributed by atoms with van der Waals surface area (Å²) in [5.74, 6) is 0.997. The standard InChI is InChI=1S/C19H20O3/c1-2-13(19(20)21)11-12-14-15-7-3-5-9-17(15)22-18-10-6-4-8-16(14)18/h3-10,13-14H,2,11-12H2,1H3,(H,20,21).